The maximum Gasteiger partial charge on any atom is 0.00923 e. The smallest absolute Gasteiger partial charge is 0.00923 e. The van der Waals surface area contributed by atoms with Crippen LogP contribution in [0.3, 0.4) is 0 Å². The summed E-state index contributed by atoms with van der Waals surface area (Å²) in [6.45, 7) is 4.68. The van der Waals surface area contributed by atoms with Crippen molar-refractivity contribution in [3.63, 3.8) is 0 Å². The second-order valence-corrected chi connectivity index (χ2v) is 4.23. The molecule has 2 atom stereocenters. The molecule has 1 aliphatic rings. The number of rotatable bonds is 6. The van der Waals surface area contributed by atoms with Gasteiger partial charge >= 0.3 is 0 Å². The molecule has 0 bridgehead atoms. The van der Waals surface area contributed by atoms with Crippen LogP contribution in [0.2, 0.25) is 0 Å². The van der Waals surface area contributed by atoms with Crippen molar-refractivity contribution in [2.24, 2.45) is 11.8 Å². The van der Waals surface area contributed by atoms with Gasteiger partial charge in [-0.3, -0.25) is 0 Å². The van der Waals surface area contributed by atoms with Crippen molar-refractivity contribution >= 4 is 0 Å². The third kappa shape index (κ3) is 2.78. The van der Waals surface area contributed by atoms with E-state index in [9.17, 15) is 0 Å². The summed E-state index contributed by atoms with van der Waals surface area (Å²) >= 11 is 0. The summed E-state index contributed by atoms with van der Waals surface area (Å²) in [5, 5.41) is 3.46. The van der Waals surface area contributed by atoms with Crippen molar-refractivity contribution in [1.29, 1.82) is 0 Å². The number of hydrogen-bond acceptors (Lipinski definition) is 1. The van der Waals surface area contributed by atoms with E-state index in [0.29, 0.717) is 0 Å². The molecule has 0 aromatic rings. The molecule has 72 valence electrons. The topological polar surface area (TPSA) is 12.0 Å². The minimum Gasteiger partial charge on any atom is -0.317 e. The molecule has 0 amide bonds. The van der Waals surface area contributed by atoms with Crippen LogP contribution in [0.4, 0.5) is 0 Å². The van der Waals surface area contributed by atoms with Crippen molar-refractivity contribution in [1.82, 2.24) is 5.32 Å². The van der Waals surface area contributed by atoms with E-state index in [0.717, 1.165) is 17.9 Å². The molecule has 1 aliphatic carbocycles. The zero-order chi connectivity index (χ0) is 8.97. The summed E-state index contributed by atoms with van der Waals surface area (Å²) in [5.41, 5.74) is 0. The minimum absolute atomic E-state index is 0.775. The van der Waals surface area contributed by atoms with E-state index < -0.39 is 0 Å². The number of unbranched alkanes of at least 4 members (excludes halogenated alkanes) is 1. The second-order valence-electron chi connectivity index (χ2n) is 4.23. The first kappa shape index (κ1) is 10.0. The molecular weight excluding hydrogens is 146 g/mol. The molecule has 1 fully saturated rings. The van der Waals surface area contributed by atoms with Crippen LogP contribution < -0.4 is 5.32 Å². The summed E-state index contributed by atoms with van der Waals surface area (Å²) in [4.78, 5) is 0. The standard InChI is InChI=1S/C11H23N/c1-4-5-6-11(12-3)9(2)10-7-8-10/h9-12H,4-8H2,1-3H3. The average Bonchev–Trinajstić information content (AvgIpc) is 2.88. The van der Waals surface area contributed by atoms with Crippen molar-refractivity contribution in [2.45, 2.75) is 52.0 Å². The normalized spacial score (nSPS) is 22.2. The lowest BCUT2D eigenvalue weighted by molar-refractivity contribution is 0.335. The summed E-state index contributed by atoms with van der Waals surface area (Å²) < 4.78 is 0. The van der Waals surface area contributed by atoms with Gasteiger partial charge in [-0.15, -0.1) is 0 Å². The molecule has 1 heteroatoms. The van der Waals surface area contributed by atoms with E-state index in [4.69, 9.17) is 0 Å². The van der Waals surface area contributed by atoms with Crippen LogP contribution in [0, 0.1) is 11.8 Å². The lowest BCUT2D eigenvalue weighted by Crippen LogP contribution is -2.33. The van der Waals surface area contributed by atoms with Crippen LogP contribution in [0.1, 0.15) is 46.0 Å². The van der Waals surface area contributed by atoms with E-state index in [2.05, 4.69) is 26.2 Å². The SMILES string of the molecule is CCCCC(NC)C(C)C1CC1. The summed E-state index contributed by atoms with van der Waals surface area (Å²) in [7, 11) is 2.11. The fourth-order valence-electron chi connectivity index (χ4n) is 2.04. The van der Waals surface area contributed by atoms with Crippen LogP contribution in [0.5, 0.6) is 0 Å². The lowest BCUT2D eigenvalue weighted by atomic mass is 9.93. The van der Waals surface area contributed by atoms with Gasteiger partial charge in [-0.2, -0.15) is 0 Å². The Hall–Kier alpha value is -0.0400. The Morgan fingerprint density at radius 3 is 2.50 bits per heavy atom. The van der Waals surface area contributed by atoms with Crippen LogP contribution in [0.15, 0.2) is 0 Å². The fourth-order valence-corrected chi connectivity index (χ4v) is 2.04. The van der Waals surface area contributed by atoms with E-state index in [-0.39, 0.29) is 0 Å². The molecule has 0 aromatic heterocycles. The molecule has 2 unspecified atom stereocenters. The molecule has 1 rings (SSSR count). The van der Waals surface area contributed by atoms with Gasteiger partial charge in [-0.1, -0.05) is 26.7 Å². The zero-order valence-corrected chi connectivity index (χ0v) is 8.77. The highest BCUT2D eigenvalue weighted by Crippen LogP contribution is 2.38. The predicted molar refractivity (Wildman–Crippen MR) is 54.3 cm³/mol. The van der Waals surface area contributed by atoms with Crippen molar-refractivity contribution in [3.05, 3.63) is 0 Å². The fraction of sp³-hybridized carbons (Fsp3) is 1.00. The van der Waals surface area contributed by atoms with Crippen molar-refractivity contribution < 1.29 is 0 Å². The highest BCUT2D eigenvalue weighted by Gasteiger charge is 2.32. The monoisotopic (exact) mass is 169 g/mol. The zero-order valence-electron chi connectivity index (χ0n) is 8.77. The number of hydrogen-bond donors (Lipinski definition) is 1. The molecule has 0 radical (unpaired) electrons. The Kier molecular flexibility index (Phi) is 4.07. The molecule has 1 nitrogen and oxygen atoms in total. The highest BCUT2D eigenvalue weighted by atomic mass is 14.9. The minimum atomic E-state index is 0.775. The third-order valence-electron chi connectivity index (χ3n) is 3.24. The van der Waals surface area contributed by atoms with Gasteiger partial charge in [0.1, 0.15) is 0 Å². The summed E-state index contributed by atoms with van der Waals surface area (Å²) in [5.74, 6) is 1.95. The molecule has 0 saturated heterocycles. The largest absolute Gasteiger partial charge is 0.317 e. The average molecular weight is 169 g/mol. The quantitative estimate of drug-likeness (QED) is 0.644. The Labute approximate surface area is 76.9 Å². The van der Waals surface area contributed by atoms with Crippen LogP contribution in [0.25, 0.3) is 0 Å². The van der Waals surface area contributed by atoms with E-state index in [1.165, 1.54) is 32.1 Å². The Morgan fingerprint density at radius 1 is 1.42 bits per heavy atom. The molecule has 0 spiro atoms. The third-order valence-corrected chi connectivity index (χ3v) is 3.24. The maximum absolute atomic E-state index is 3.46. The van der Waals surface area contributed by atoms with Gasteiger partial charge in [0.25, 0.3) is 0 Å². The maximum atomic E-state index is 3.46. The first-order valence-electron chi connectivity index (χ1n) is 5.46. The second kappa shape index (κ2) is 4.86. The molecular formula is C11H23N. The molecule has 12 heavy (non-hydrogen) atoms. The Balaban J connectivity index is 2.22. The predicted octanol–water partition coefficient (Wildman–Crippen LogP) is 2.81. The summed E-state index contributed by atoms with van der Waals surface area (Å²) in [6.07, 6.45) is 7.03. The van der Waals surface area contributed by atoms with Crippen LogP contribution >= 0.6 is 0 Å². The summed E-state index contributed by atoms with van der Waals surface area (Å²) in [6, 6.07) is 0.775. The van der Waals surface area contributed by atoms with Gasteiger partial charge < -0.3 is 5.32 Å². The van der Waals surface area contributed by atoms with E-state index in [1.807, 2.05) is 0 Å². The molecule has 0 aliphatic heterocycles. The van der Waals surface area contributed by atoms with Gasteiger partial charge in [-0.05, 0) is 38.1 Å². The van der Waals surface area contributed by atoms with Crippen LogP contribution in [-0.4, -0.2) is 13.1 Å². The van der Waals surface area contributed by atoms with Crippen molar-refractivity contribution in [2.75, 3.05) is 7.05 Å². The van der Waals surface area contributed by atoms with Gasteiger partial charge in [0.15, 0.2) is 0 Å². The van der Waals surface area contributed by atoms with Gasteiger partial charge in [0.05, 0.1) is 0 Å². The first-order chi connectivity index (χ1) is 5.79. The van der Waals surface area contributed by atoms with Crippen LogP contribution in [-0.2, 0) is 0 Å². The molecule has 0 heterocycles. The van der Waals surface area contributed by atoms with Gasteiger partial charge in [0, 0.05) is 6.04 Å². The van der Waals surface area contributed by atoms with E-state index in [1.54, 1.807) is 0 Å². The van der Waals surface area contributed by atoms with Gasteiger partial charge in [0.2, 0.25) is 0 Å². The first-order valence-corrected chi connectivity index (χ1v) is 5.46. The Bertz CT molecular complexity index is 118. The highest BCUT2D eigenvalue weighted by molar-refractivity contribution is 4.85. The van der Waals surface area contributed by atoms with Crippen molar-refractivity contribution in [3.8, 4) is 0 Å². The number of nitrogens with one attached hydrogen (secondary N) is 1. The lowest BCUT2D eigenvalue weighted by Gasteiger charge is -2.23. The molecule has 1 saturated carbocycles. The van der Waals surface area contributed by atoms with E-state index >= 15 is 0 Å². The van der Waals surface area contributed by atoms with Gasteiger partial charge in [-0.25, -0.2) is 0 Å². The molecule has 1 N–H and O–H groups in total. The molecule has 0 aromatic carbocycles. The Morgan fingerprint density at radius 2 is 2.08 bits per heavy atom.